The first-order valence-electron chi connectivity index (χ1n) is 7.12. The van der Waals surface area contributed by atoms with Gasteiger partial charge in [0.1, 0.15) is 5.82 Å². The van der Waals surface area contributed by atoms with Crippen molar-refractivity contribution < 1.29 is 9.13 Å². The van der Waals surface area contributed by atoms with Crippen LogP contribution in [-0.4, -0.2) is 11.1 Å². The summed E-state index contributed by atoms with van der Waals surface area (Å²) in [4.78, 5) is 4.26. The summed E-state index contributed by atoms with van der Waals surface area (Å²) in [5.41, 5.74) is 2.74. The van der Waals surface area contributed by atoms with Crippen LogP contribution in [0, 0.1) is 12.7 Å². The lowest BCUT2D eigenvalue weighted by Crippen LogP contribution is -2.16. The molecule has 1 N–H and O–H groups in total. The highest BCUT2D eigenvalue weighted by Gasteiger charge is 2.06. The van der Waals surface area contributed by atoms with Crippen molar-refractivity contribution >= 4 is 0 Å². The van der Waals surface area contributed by atoms with E-state index in [1.807, 2.05) is 32.0 Å². The molecule has 0 fully saturated rings. The molecule has 0 aliphatic rings. The molecule has 0 unspecified atom stereocenters. The first-order valence-corrected chi connectivity index (χ1v) is 7.12. The number of pyridine rings is 1. The molecule has 0 aliphatic heterocycles. The van der Waals surface area contributed by atoms with Gasteiger partial charge in [0.25, 0.3) is 0 Å². The fraction of sp³-hybridized carbons (Fsp3) is 0.353. The third-order valence-corrected chi connectivity index (χ3v) is 3.06. The summed E-state index contributed by atoms with van der Waals surface area (Å²) in [6.45, 7) is 7.07. The van der Waals surface area contributed by atoms with E-state index in [4.69, 9.17) is 4.74 Å². The van der Waals surface area contributed by atoms with Gasteiger partial charge in [0.05, 0.1) is 6.10 Å². The van der Waals surface area contributed by atoms with Gasteiger partial charge in [0, 0.05) is 24.8 Å². The van der Waals surface area contributed by atoms with E-state index < -0.39 is 0 Å². The summed E-state index contributed by atoms with van der Waals surface area (Å²) in [5.74, 6) is 0.494. The second-order valence-electron chi connectivity index (χ2n) is 5.32. The van der Waals surface area contributed by atoms with E-state index in [2.05, 4.69) is 10.3 Å². The molecule has 3 nitrogen and oxygen atoms in total. The van der Waals surface area contributed by atoms with Crippen molar-refractivity contribution in [2.24, 2.45) is 0 Å². The number of nitrogens with one attached hydrogen (secondary N) is 1. The molecule has 21 heavy (non-hydrogen) atoms. The highest BCUT2D eigenvalue weighted by atomic mass is 19.1. The van der Waals surface area contributed by atoms with Crippen LogP contribution < -0.4 is 10.1 Å². The largest absolute Gasteiger partial charge is 0.475 e. The molecular weight excluding hydrogens is 267 g/mol. The van der Waals surface area contributed by atoms with E-state index in [9.17, 15) is 4.39 Å². The Hall–Kier alpha value is -1.94. The average Bonchev–Trinajstić information content (AvgIpc) is 2.44. The Morgan fingerprint density at radius 2 is 2.05 bits per heavy atom. The van der Waals surface area contributed by atoms with Crippen LogP contribution in [0.1, 0.15) is 30.5 Å². The van der Waals surface area contributed by atoms with Crippen molar-refractivity contribution in [3.63, 3.8) is 0 Å². The number of halogens is 1. The number of aromatic nitrogens is 1. The van der Waals surface area contributed by atoms with E-state index in [0.717, 1.165) is 11.1 Å². The van der Waals surface area contributed by atoms with Crippen LogP contribution in [0.15, 0.2) is 36.5 Å². The Balaban J connectivity index is 1.95. The minimum absolute atomic E-state index is 0.0957. The van der Waals surface area contributed by atoms with Crippen LogP contribution in [0.25, 0.3) is 0 Å². The topological polar surface area (TPSA) is 34.2 Å². The van der Waals surface area contributed by atoms with Gasteiger partial charge in [-0.3, -0.25) is 0 Å². The number of hydrogen-bond acceptors (Lipinski definition) is 3. The van der Waals surface area contributed by atoms with Crippen LogP contribution in [0.2, 0.25) is 0 Å². The van der Waals surface area contributed by atoms with E-state index in [1.54, 1.807) is 19.2 Å². The lowest BCUT2D eigenvalue weighted by atomic mass is 10.1. The highest BCUT2D eigenvalue weighted by Crippen LogP contribution is 2.16. The van der Waals surface area contributed by atoms with Crippen molar-refractivity contribution in [2.45, 2.75) is 40.0 Å². The van der Waals surface area contributed by atoms with Crippen molar-refractivity contribution in [1.29, 1.82) is 0 Å². The third-order valence-electron chi connectivity index (χ3n) is 3.06. The Morgan fingerprint density at radius 1 is 1.24 bits per heavy atom. The number of hydrogen-bond donors (Lipinski definition) is 1. The molecule has 1 aromatic heterocycles. The first kappa shape index (κ1) is 15.4. The number of aryl methyl sites for hydroxylation is 1. The Labute approximate surface area is 125 Å². The van der Waals surface area contributed by atoms with E-state index in [1.165, 1.54) is 6.07 Å². The predicted octanol–water partition coefficient (Wildman–Crippen LogP) is 3.61. The zero-order valence-electron chi connectivity index (χ0n) is 12.7. The first-order chi connectivity index (χ1) is 10.1. The molecule has 2 aromatic rings. The molecule has 0 saturated carbocycles. The van der Waals surface area contributed by atoms with Gasteiger partial charge in [0.15, 0.2) is 0 Å². The second-order valence-corrected chi connectivity index (χ2v) is 5.32. The quantitative estimate of drug-likeness (QED) is 0.881. The average molecular weight is 288 g/mol. The summed E-state index contributed by atoms with van der Waals surface area (Å²) in [6, 6.07) is 9.05. The maximum absolute atomic E-state index is 13.2. The predicted molar refractivity (Wildman–Crippen MR) is 81.7 cm³/mol. The Bertz CT molecular complexity index is 599. The standard InChI is InChI=1S/C17H21FN2O/c1-12(2)21-17-15(5-4-8-20-17)11-19-10-14-6-7-16(18)13(3)9-14/h4-9,12,19H,10-11H2,1-3H3. The van der Waals surface area contributed by atoms with Gasteiger partial charge in [-0.2, -0.15) is 0 Å². The monoisotopic (exact) mass is 288 g/mol. The molecule has 0 bridgehead atoms. The zero-order valence-corrected chi connectivity index (χ0v) is 12.7. The number of rotatable bonds is 6. The molecule has 0 saturated heterocycles. The lowest BCUT2D eigenvalue weighted by Gasteiger charge is -2.13. The number of ether oxygens (including phenoxy) is 1. The van der Waals surface area contributed by atoms with Crippen molar-refractivity contribution in [2.75, 3.05) is 0 Å². The molecule has 1 aromatic carbocycles. The third kappa shape index (κ3) is 4.53. The van der Waals surface area contributed by atoms with E-state index >= 15 is 0 Å². The Morgan fingerprint density at radius 3 is 2.76 bits per heavy atom. The summed E-state index contributed by atoms with van der Waals surface area (Å²) in [6.07, 6.45) is 1.82. The molecule has 0 aliphatic carbocycles. The summed E-state index contributed by atoms with van der Waals surface area (Å²) in [5, 5.41) is 3.34. The van der Waals surface area contributed by atoms with Crippen LogP contribution in [0.4, 0.5) is 4.39 Å². The van der Waals surface area contributed by atoms with Gasteiger partial charge >= 0.3 is 0 Å². The molecular formula is C17H21FN2O. The van der Waals surface area contributed by atoms with Crippen molar-refractivity contribution in [3.8, 4) is 5.88 Å². The van der Waals surface area contributed by atoms with E-state index in [-0.39, 0.29) is 11.9 Å². The second kappa shape index (κ2) is 7.18. The molecule has 112 valence electrons. The fourth-order valence-corrected chi connectivity index (χ4v) is 2.05. The maximum atomic E-state index is 13.2. The molecule has 0 amide bonds. The Kier molecular flexibility index (Phi) is 5.28. The van der Waals surface area contributed by atoms with Gasteiger partial charge < -0.3 is 10.1 Å². The normalized spacial score (nSPS) is 10.9. The molecule has 0 atom stereocenters. The SMILES string of the molecule is Cc1cc(CNCc2cccnc2OC(C)C)ccc1F. The maximum Gasteiger partial charge on any atom is 0.218 e. The number of nitrogens with zero attached hydrogens (tertiary/aromatic N) is 1. The molecule has 2 rings (SSSR count). The summed E-state index contributed by atoms with van der Waals surface area (Å²) in [7, 11) is 0. The minimum atomic E-state index is -0.168. The van der Waals surface area contributed by atoms with Crippen LogP contribution >= 0.6 is 0 Å². The van der Waals surface area contributed by atoms with Gasteiger partial charge in [-0.15, -0.1) is 0 Å². The molecule has 0 spiro atoms. The minimum Gasteiger partial charge on any atom is -0.475 e. The van der Waals surface area contributed by atoms with Gasteiger partial charge in [-0.05, 0) is 44.0 Å². The van der Waals surface area contributed by atoms with Gasteiger partial charge in [-0.1, -0.05) is 18.2 Å². The van der Waals surface area contributed by atoms with Crippen LogP contribution in [-0.2, 0) is 13.1 Å². The van der Waals surface area contributed by atoms with Gasteiger partial charge in [-0.25, -0.2) is 9.37 Å². The summed E-state index contributed by atoms with van der Waals surface area (Å²) >= 11 is 0. The van der Waals surface area contributed by atoms with E-state index in [0.29, 0.717) is 24.5 Å². The molecule has 1 heterocycles. The highest BCUT2D eigenvalue weighted by molar-refractivity contribution is 5.26. The number of benzene rings is 1. The lowest BCUT2D eigenvalue weighted by molar-refractivity contribution is 0.229. The van der Waals surface area contributed by atoms with Gasteiger partial charge in [0.2, 0.25) is 5.88 Å². The fourth-order valence-electron chi connectivity index (χ4n) is 2.05. The zero-order chi connectivity index (χ0) is 15.2. The molecule has 0 radical (unpaired) electrons. The summed E-state index contributed by atoms with van der Waals surface area (Å²) < 4.78 is 18.9. The van der Waals surface area contributed by atoms with Crippen LogP contribution in [0.3, 0.4) is 0 Å². The van der Waals surface area contributed by atoms with Crippen molar-refractivity contribution in [1.82, 2.24) is 10.3 Å². The van der Waals surface area contributed by atoms with Crippen molar-refractivity contribution in [3.05, 3.63) is 59.0 Å². The van der Waals surface area contributed by atoms with Crippen LogP contribution in [0.5, 0.6) is 5.88 Å². The molecule has 4 heteroatoms. The smallest absolute Gasteiger partial charge is 0.218 e.